The molecule has 4 rings (SSSR count). The fraction of sp³-hybridized carbons (Fsp3) is 0.138. The smallest absolute Gasteiger partial charge is 0.256 e. The van der Waals surface area contributed by atoms with Crippen LogP contribution in [0.4, 0.5) is 5.95 Å². The molecule has 9 heteroatoms. The van der Waals surface area contributed by atoms with Crippen molar-refractivity contribution in [1.82, 2.24) is 14.5 Å². The summed E-state index contributed by atoms with van der Waals surface area (Å²) in [6.45, 7) is 6.05. The number of nitrogens with zero attached hydrogens (tertiary/aromatic N) is 3. The molecule has 0 fully saturated rings. The minimum absolute atomic E-state index is 0.144. The number of imidazole rings is 1. The molecule has 2 amide bonds. The van der Waals surface area contributed by atoms with Gasteiger partial charge in [-0.05, 0) is 37.3 Å². The maximum absolute atomic E-state index is 13.2. The Kier molecular flexibility index (Phi) is 8.84. The molecule has 194 valence electrons. The maximum atomic E-state index is 13.2. The van der Waals surface area contributed by atoms with Gasteiger partial charge in [0.1, 0.15) is 12.3 Å². The van der Waals surface area contributed by atoms with E-state index in [0.717, 1.165) is 11.3 Å². The number of nitrogens with one attached hydrogen (secondary N) is 1. The average molecular weight is 549 g/mol. The van der Waals surface area contributed by atoms with Crippen molar-refractivity contribution in [2.75, 3.05) is 25.0 Å². The highest BCUT2D eigenvalue weighted by Gasteiger charge is 2.22. The van der Waals surface area contributed by atoms with E-state index in [2.05, 4.69) is 16.9 Å². The highest BCUT2D eigenvalue weighted by atomic mass is 35.5. The van der Waals surface area contributed by atoms with Crippen LogP contribution in [0.15, 0.2) is 91.6 Å². The molecule has 0 aliphatic carbocycles. The Morgan fingerprint density at radius 1 is 1.08 bits per heavy atom. The molecular formula is C29H26Cl2N4O3. The summed E-state index contributed by atoms with van der Waals surface area (Å²) >= 11 is 12.2. The molecule has 0 bridgehead atoms. The molecule has 1 N–H and O–H groups in total. The second-order valence-electron chi connectivity index (χ2n) is 8.26. The number of carbonyl (C=O) groups excluding carboxylic acids is 2. The highest BCUT2D eigenvalue weighted by molar-refractivity contribution is 6.36. The third-order valence-corrected chi connectivity index (χ3v) is 6.11. The van der Waals surface area contributed by atoms with Crippen LogP contribution in [0.2, 0.25) is 10.0 Å². The van der Waals surface area contributed by atoms with Crippen molar-refractivity contribution in [1.29, 1.82) is 0 Å². The van der Waals surface area contributed by atoms with Crippen LogP contribution < -0.4 is 10.1 Å². The molecule has 0 saturated heterocycles. The number of benzene rings is 3. The van der Waals surface area contributed by atoms with Crippen LogP contribution in [0, 0.1) is 0 Å². The molecule has 0 radical (unpaired) electrons. The van der Waals surface area contributed by atoms with Crippen molar-refractivity contribution in [2.45, 2.75) is 6.92 Å². The lowest BCUT2D eigenvalue weighted by atomic mass is 10.2. The predicted molar refractivity (Wildman–Crippen MR) is 151 cm³/mol. The zero-order valence-electron chi connectivity index (χ0n) is 20.7. The lowest BCUT2D eigenvalue weighted by molar-refractivity contribution is -0.116. The van der Waals surface area contributed by atoms with Gasteiger partial charge in [-0.2, -0.15) is 0 Å². The Morgan fingerprint density at radius 3 is 2.58 bits per heavy atom. The fourth-order valence-corrected chi connectivity index (χ4v) is 4.34. The van der Waals surface area contributed by atoms with Crippen molar-refractivity contribution in [3.8, 4) is 22.7 Å². The van der Waals surface area contributed by atoms with E-state index >= 15 is 0 Å². The summed E-state index contributed by atoms with van der Waals surface area (Å²) in [7, 11) is 0. The number of halogens is 2. The van der Waals surface area contributed by atoms with E-state index < -0.39 is 11.8 Å². The van der Waals surface area contributed by atoms with Gasteiger partial charge in [0.25, 0.3) is 5.91 Å². The van der Waals surface area contributed by atoms with Crippen molar-refractivity contribution >= 4 is 41.0 Å². The van der Waals surface area contributed by atoms with Gasteiger partial charge in [-0.3, -0.25) is 19.5 Å². The summed E-state index contributed by atoms with van der Waals surface area (Å²) in [5.41, 5.74) is 2.57. The van der Waals surface area contributed by atoms with Crippen LogP contribution in [0.5, 0.6) is 5.75 Å². The van der Waals surface area contributed by atoms with Crippen LogP contribution in [0.3, 0.4) is 0 Å². The largest absolute Gasteiger partial charge is 0.494 e. The second-order valence-corrected chi connectivity index (χ2v) is 9.11. The van der Waals surface area contributed by atoms with E-state index in [1.165, 1.54) is 17.0 Å². The number of hydrogen-bond acceptors (Lipinski definition) is 4. The van der Waals surface area contributed by atoms with Crippen molar-refractivity contribution in [2.24, 2.45) is 0 Å². The third-order valence-electron chi connectivity index (χ3n) is 5.57. The molecule has 4 aromatic rings. The normalized spacial score (nSPS) is 10.6. The van der Waals surface area contributed by atoms with Crippen LogP contribution in [-0.2, 0) is 4.79 Å². The summed E-state index contributed by atoms with van der Waals surface area (Å²) < 4.78 is 7.43. The lowest BCUT2D eigenvalue weighted by Gasteiger charge is -2.21. The first kappa shape index (κ1) is 27.0. The lowest BCUT2D eigenvalue weighted by Crippen LogP contribution is -2.38. The van der Waals surface area contributed by atoms with Crippen LogP contribution in [0.1, 0.15) is 17.3 Å². The van der Waals surface area contributed by atoms with Gasteiger partial charge in [0, 0.05) is 29.4 Å². The molecule has 0 aliphatic heterocycles. The van der Waals surface area contributed by atoms with Gasteiger partial charge in [-0.15, -0.1) is 6.58 Å². The Balaban J connectivity index is 1.63. The monoisotopic (exact) mass is 548 g/mol. The molecule has 0 spiro atoms. The van der Waals surface area contributed by atoms with Crippen molar-refractivity contribution < 1.29 is 14.3 Å². The van der Waals surface area contributed by atoms with Gasteiger partial charge in [0.2, 0.25) is 11.9 Å². The van der Waals surface area contributed by atoms with E-state index in [4.69, 9.17) is 27.9 Å². The summed E-state index contributed by atoms with van der Waals surface area (Å²) in [5.74, 6) is 0.148. The predicted octanol–water partition coefficient (Wildman–Crippen LogP) is 6.51. The van der Waals surface area contributed by atoms with Gasteiger partial charge in [-0.1, -0.05) is 65.7 Å². The summed E-state index contributed by atoms with van der Waals surface area (Å²) in [4.78, 5) is 32.4. The van der Waals surface area contributed by atoms with Gasteiger partial charge in [-0.25, -0.2) is 4.98 Å². The topological polar surface area (TPSA) is 76.5 Å². The van der Waals surface area contributed by atoms with E-state index in [0.29, 0.717) is 29.0 Å². The van der Waals surface area contributed by atoms with Gasteiger partial charge in [0.05, 0.1) is 28.6 Å². The molecule has 0 saturated carbocycles. The number of rotatable bonds is 10. The summed E-state index contributed by atoms with van der Waals surface area (Å²) in [6, 6.07) is 21.7. The zero-order valence-corrected chi connectivity index (χ0v) is 22.2. The van der Waals surface area contributed by atoms with Gasteiger partial charge in [0.15, 0.2) is 0 Å². The molecule has 0 atom stereocenters. The molecule has 0 aliphatic rings. The zero-order chi connectivity index (χ0) is 27.1. The standard InChI is InChI=1S/C29H26Cl2N4O3/c1-3-15-34(28(37)24-14-13-21(30)16-25(24)31)19-27(36)33-29-32-26(20-9-6-5-7-10-20)18-35(29)22-11-8-12-23(17-22)38-4-2/h3,5-14,16-18H,1,4,15,19H2,2H3,(H,32,33,36). The van der Waals surface area contributed by atoms with E-state index in [1.807, 2.05) is 67.7 Å². The highest BCUT2D eigenvalue weighted by Crippen LogP contribution is 2.27. The molecule has 0 unspecified atom stereocenters. The summed E-state index contributed by atoms with van der Waals surface area (Å²) in [5, 5.41) is 3.47. The minimum Gasteiger partial charge on any atom is -0.494 e. The molecular weight excluding hydrogens is 523 g/mol. The minimum atomic E-state index is -0.433. The van der Waals surface area contributed by atoms with Crippen molar-refractivity contribution in [3.63, 3.8) is 0 Å². The Bertz CT molecular complexity index is 1450. The Morgan fingerprint density at radius 2 is 1.87 bits per heavy atom. The number of anilines is 1. The van der Waals surface area contributed by atoms with E-state index in [1.54, 1.807) is 16.7 Å². The Labute approximate surface area is 231 Å². The molecule has 38 heavy (non-hydrogen) atoms. The first-order valence-corrected chi connectivity index (χ1v) is 12.7. The van der Waals surface area contributed by atoms with Crippen molar-refractivity contribution in [3.05, 3.63) is 107 Å². The number of hydrogen-bond donors (Lipinski definition) is 1. The first-order chi connectivity index (χ1) is 18.4. The average Bonchev–Trinajstić information content (AvgIpc) is 3.32. The van der Waals surface area contributed by atoms with Gasteiger partial charge < -0.3 is 9.64 Å². The van der Waals surface area contributed by atoms with Crippen LogP contribution >= 0.6 is 23.2 Å². The SMILES string of the molecule is C=CCN(CC(=O)Nc1nc(-c2ccccc2)cn1-c1cccc(OCC)c1)C(=O)c1ccc(Cl)cc1Cl. The first-order valence-electron chi connectivity index (χ1n) is 11.9. The number of amides is 2. The number of aromatic nitrogens is 2. The molecule has 1 heterocycles. The summed E-state index contributed by atoms with van der Waals surface area (Å²) in [6.07, 6.45) is 3.39. The van der Waals surface area contributed by atoms with E-state index in [9.17, 15) is 9.59 Å². The third kappa shape index (κ3) is 6.43. The fourth-order valence-electron chi connectivity index (χ4n) is 3.85. The molecule has 1 aromatic heterocycles. The number of ether oxygens (including phenoxy) is 1. The Hall–Kier alpha value is -4.07. The van der Waals surface area contributed by atoms with Crippen LogP contribution in [-0.4, -0.2) is 46.0 Å². The van der Waals surface area contributed by atoms with E-state index in [-0.39, 0.29) is 23.7 Å². The maximum Gasteiger partial charge on any atom is 0.256 e. The molecule has 7 nitrogen and oxygen atoms in total. The van der Waals surface area contributed by atoms with Crippen LogP contribution in [0.25, 0.3) is 16.9 Å². The van der Waals surface area contributed by atoms with Gasteiger partial charge >= 0.3 is 0 Å². The number of carbonyl (C=O) groups is 2. The second kappa shape index (κ2) is 12.4. The molecule has 3 aromatic carbocycles. The quantitative estimate of drug-likeness (QED) is 0.229.